The molecule has 7 heteroatoms. The van der Waals surface area contributed by atoms with Gasteiger partial charge >= 0.3 is 0 Å². The fourth-order valence-corrected chi connectivity index (χ4v) is 6.05. The molecule has 0 radical (unpaired) electrons. The smallest absolute Gasteiger partial charge is 0.251 e. The number of carbonyl (C=O) groups is 2. The van der Waals surface area contributed by atoms with Gasteiger partial charge in [-0.15, -0.1) is 0 Å². The molecule has 2 unspecified atom stereocenters. The van der Waals surface area contributed by atoms with Crippen molar-refractivity contribution in [2.24, 2.45) is 5.92 Å². The third-order valence-electron chi connectivity index (χ3n) is 8.54. The molecule has 1 N–H and O–H groups in total. The molecule has 1 aliphatic carbocycles. The summed E-state index contributed by atoms with van der Waals surface area (Å²) in [7, 11) is 0. The molecule has 0 bridgehead atoms. The molecule has 6 nitrogen and oxygen atoms in total. The van der Waals surface area contributed by atoms with Crippen molar-refractivity contribution in [1.82, 2.24) is 15.1 Å². The molecule has 7 rings (SSSR count). The second-order valence-electron chi connectivity index (χ2n) is 11.1. The lowest BCUT2D eigenvalue weighted by Crippen LogP contribution is -2.58. The van der Waals surface area contributed by atoms with Gasteiger partial charge in [0, 0.05) is 32.0 Å². The molecule has 0 aromatic heterocycles. The van der Waals surface area contributed by atoms with E-state index >= 15 is 0 Å². The number of aryl methyl sites for hydroxylation is 1. The summed E-state index contributed by atoms with van der Waals surface area (Å²) in [4.78, 5) is 29.7. The van der Waals surface area contributed by atoms with E-state index in [1.165, 1.54) is 6.07 Å². The van der Waals surface area contributed by atoms with Crippen molar-refractivity contribution in [3.05, 3.63) is 71.5 Å². The highest BCUT2D eigenvalue weighted by molar-refractivity contribution is 5.92. The van der Waals surface area contributed by atoms with Crippen molar-refractivity contribution in [3.63, 3.8) is 0 Å². The maximum absolute atomic E-state index is 13.6. The molecule has 3 aromatic carbocycles. The summed E-state index contributed by atoms with van der Waals surface area (Å²) in [5, 5.41) is 5.54. The van der Waals surface area contributed by atoms with E-state index in [2.05, 4.69) is 36.5 Å². The highest BCUT2D eigenvalue weighted by Gasteiger charge is 2.60. The molecule has 1 spiro atoms. The lowest BCUT2D eigenvalue weighted by atomic mass is 9.95. The first-order valence-electron chi connectivity index (χ1n) is 13.2. The number of likely N-dealkylation sites (tertiary alicyclic amines) is 1. The van der Waals surface area contributed by atoms with E-state index in [1.807, 2.05) is 28.0 Å². The molecule has 190 valence electrons. The Morgan fingerprint density at radius 2 is 1.76 bits per heavy atom. The minimum Gasteiger partial charge on any atom is -0.368 e. The van der Waals surface area contributed by atoms with Crippen LogP contribution in [0.5, 0.6) is 0 Å². The fourth-order valence-electron chi connectivity index (χ4n) is 6.05. The van der Waals surface area contributed by atoms with Crippen LogP contribution in [0.4, 0.5) is 4.39 Å². The van der Waals surface area contributed by atoms with Crippen molar-refractivity contribution >= 4 is 22.6 Å². The molecule has 1 saturated carbocycles. The van der Waals surface area contributed by atoms with Crippen LogP contribution in [0.25, 0.3) is 21.9 Å². The van der Waals surface area contributed by atoms with Gasteiger partial charge in [-0.1, -0.05) is 36.4 Å². The van der Waals surface area contributed by atoms with Gasteiger partial charge in [-0.3, -0.25) is 14.9 Å². The molecular formula is C30H30FN3O3. The van der Waals surface area contributed by atoms with Gasteiger partial charge in [-0.05, 0) is 71.0 Å². The molecule has 4 fully saturated rings. The van der Waals surface area contributed by atoms with E-state index in [1.54, 1.807) is 6.07 Å². The van der Waals surface area contributed by atoms with E-state index < -0.39 is 5.54 Å². The molecule has 2 atom stereocenters. The Kier molecular flexibility index (Phi) is 5.17. The number of carbonyl (C=O) groups excluding carboxylic acids is 2. The van der Waals surface area contributed by atoms with Gasteiger partial charge in [-0.2, -0.15) is 0 Å². The maximum atomic E-state index is 13.6. The zero-order chi connectivity index (χ0) is 25.3. The number of nitrogens with one attached hydrogen (secondary N) is 1. The lowest BCUT2D eigenvalue weighted by Gasteiger charge is -2.44. The van der Waals surface area contributed by atoms with Crippen molar-refractivity contribution in [1.29, 1.82) is 0 Å². The Labute approximate surface area is 215 Å². The highest BCUT2D eigenvalue weighted by Crippen LogP contribution is 2.47. The number of benzene rings is 3. The third-order valence-corrected chi connectivity index (χ3v) is 8.54. The fraction of sp³-hybridized carbons (Fsp3) is 0.400. The number of ether oxygens (including phenoxy) is 1. The number of amides is 2. The number of nitrogens with zero attached hydrogens (tertiary/aromatic N) is 2. The standard InChI is InChI=1S/C30H30FN3O3/c1-18-12-20(21-2-3-23-14-24(31)6-4-22(23)13-21)5-7-25(18)27-32-30(9-10-30)29(36)34(27)17-19-15-33(16-19)28(35)26-8-11-37-26/h2-7,12-14,19,26-27,32H,8-11,15-17H2,1H3. The quantitative estimate of drug-likeness (QED) is 0.573. The Bertz CT molecular complexity index is 1420. The second-order valence-corrected chi connectivity index (χ2v) is 11.1. The zero-order valence-corrected chi connectivity index (χ0v) is 20.9. The summed E-state index contributed by atoms with van der Waals surface area (Å²) < 4.78 is 18.9. The summed E-state index contributed by atoms with van der Waals surface area (Å²) in [6.07, 6.45) is 2.14. The first-order valence-corrected chi connectivity index (χ1v) is 13.2. The molecule has 2 amide bonds. The van der Waals surface area contributed by atoms with Gasteiger partial charge in [0.15, 0.2) is 0 Å². The summed E-state index contributed by atoms with van der Waals surface area (Å²) in [5.74, 6) is 0.336. The number of halogens is 1. The largest absolute Gasteiger partial charge is 0.368 e. The minimum atomic E-state index is -0.414. The molecule has 4 aliphatic rings. The van der Waals surface area contributed by atoms with Gasteiger partial charge in [0.1, 0.15) is 23.6 Å². The Morgan fingerprint density at radius 3 is 2.46 bits per heavy atom. The van der Waals surface area contributed by atoms with Crippen molar-refractivity contribution in [3.8, 4) is 11.1 Å². The first kappa shape index (κ1) is 22.9. The highest BCUT2D eigenvalue weighted by atomic mass is 19.1. The Morgan fingerprint density at radius 1 is 1.05 bits per heavy atom. The third kappa shape index (κ3) is 3.83. The van der Waals surface area contributed by atoms with Gasteiger partial charge in [-0.25, -0.2) is 4.39 Å². The molecule has 37 heavy (non-hydrogen) atoms. The van der Waals surface area contributed by atoms with Gasteiger partial charge in [0.05, 0.1) is 6.61 Å². The van der Waals surface area contributed by atoms with Crippen LogP contribution in [0.1, 0.15) is 36.6 Å². The Balaban J connectivity index is 1.11. The van der Waals surface area contributed by atoms with Crippen LogP contribution < -0.4 is 5.32 Å². The van der Waals surface area contributed by atoms with E-state index in [-0.39, 0.29) is 35.8 Å². The second kappa shape index (κ2) is 8.36. The van der Waals surface area contributed by atoms with E-state index in [9.17, 15) is 14.0 Å². The predicted molar refractivity (Wildman–Crippen MR) is 138 cm³/mol. The van der Waals surface area contributed by atoms with E-state index in [0.717, 1.165) is 52.3 Å². The summed E-state index contributed by atoms with van der Waals surface area (Å²) in [6.45, 7) is 4.79. The Hall–Kier alpha value is -3.29. The number of hydrogen-bond acceptors (Lipinski definition) is 4. The van der Waals surface area contributed by atoms with Crippen LogP contribution in [-0.4, -0.2) is 59.5 Å². The minimum absolute atomic E-state index is 0.0915. The van der Waals surface area contributed by atoms with Gasteiger partial charge in [0.2, 0.25) is 5.91 Å². The van der Waals surface area contributed by atoms with Crippen molar-refractivity contribution < 1.29 is 18.7 Å². The summed E-state index contributed by atoms with van der Waals surface area (Å²) in [5.41, 5.74) is 3.99. The normalized spacial score (nSPS) is 24.4. The van der Waals surface area contributed by atoms with Gasteiger partial charge in [0.25, 0.3) is 5.91 Å². The first-order chi connectivity index (χ1) is 17.9. The number of rotatable bonds is 5. The summed E-state index contributed by atoms with van der Waals surface area (Å²) in [6, 6.07) is 17.3. The van der Waals surface area contributed by atoms with Crippen LogP contribution in [0, 0.1) is 18.7 Å². The van der Waals surface area contributed by atoms with Crippen molar-refractivity contribution in [2.45, 2.75) is 44.0 Å². The number of hydrogen-bond donors (Lipinski definition) is 1. The average Bonchev–Trinajstić information content (AvgIpc) is 3.56. The van der Waals surface area contributed by atoms with Crippen LogP contribution in [0.15, 0.2) is 54.6 Å². The molecule has 3 aliphatic heterocycles. The molecular weight excluding hydrogens is 469 g/mol. The van der Waals surface area contributed by atoms with Crippen LogP contribution >= 0.6 is 0 Å². The molecule has 3 saturated heterocycles. The van der Waals surface area contributed by atoms with Crippen LogP contribution in [0.2, 0.25) is 0 Å². The van der Waals surface area contributed by atoms with Gasteiger partial charge < -0.3 is 14.5 Å². The molecule has 3 aromatic rings. The number of fused-ring (bicyclic) bond motifs is 1. The topological polar surface area (TPSA) is 61.9 Å². The monoisotopic (exact) mass is 499 g/mol. The van der Waals surface area contributed by atoms with E-state index in [0.29, 0.717) is 26.2 Å². The maximum Gasteiger partial charge on any atom is 0.251 e. The molecule has 3 heterocycles. The van der Waals surface area contributed by atoms with E-state index in [4.69, 9.17) is 4.74 Å². The summed E-state index contributed by atoms with van der Waals surface area (Å²) >= 11 is 0. The van der Waals surface area contributed by atoms with Crippen LogP contribution in [-0.2, 0) is 14.3 Å². The lowest BCUT2D eigenvalue weighted by molar-refractivity contribution is -0.163. The average molecular weight is 500 g/mol. The zero-order valence-electron chi connectivity index (χ0n) is 20.9. The SMILES string of the molecule is Cc1cc(-c2ccc3cc(F)ccc3c2)ccc1C1NC2(CC2)C(=O)N1CC1CN(C(=O)C2CCO2)C1. The van der Waals surface area contributed by atoms with Crippen molar-refractivity contribution in [2.75, 3.05) is 26.2 Å². The predicted octanol–water partition coefficient (Wildman–Crippen LogP) is 4.16. The van der Waals surface area contributed by atoms with Crippen LogP contribution in [0.3, 0.4) is 0 Å².